The lowest BCUT2D eigenvalue weighted by Crippen LogP contribution is -2.24. The molecule has 0 bridgehead atoms. The Morgan fingerprint density at radius 3 is 2.57 bits per heavy atom. The Bertz CT molecular complexity index is 1150. The lowest BCUT2D eigenvalue weighted by Gasteiger charge is -2.12. The molecule has 3 N–H and O–H groups in total. The van der Waals surface area contributed by atoms with Gasteiger partial charge in [-0.1, -0.05) is 25.1 Å². The molecule has 1 aromatic carbocycles. The maximum absolute atomic E-state index is 13.1. The van der Waals surface area contributed by atoms with Gasteiger partial charge in [0.1, 0.15) is 4.83 Å². The Hall–Kier alpha value is -2.65. The van der Waals surface area contributed by atoms with E-state index in [-0.39, 0.29) is 17.2 Å². The van der Waals surface area contributed by atoms with Crippen molar-refractivity contribution in [1.29, 1.82) is 0 Å². The second-order valence-corrected chi connectivity index (χ2v) is 9.09. The number of carbonyl (C=O) groups is 2. The van der Waals surface area contributed by atoms with Crippen molar-refractivity contribution in [3.63, 3.8) is 0 Å². The first kappa shape index (κ1) is 22.0. The summed E-state index contributed by atoms with van der Waals surface area (Å²) in [5.41, 5.74) is 7.11. The average molecular weight is 445 g/mol. The molecule has 7 nitrogen and oxygen atoms in total. The minimum absolute atomic E-state index is 0.0414. The SMILES string of the molecule is CCCCn1c(SCC(=O)Nc2ccc(C(N)=O)cc2)nc2sc(C)c(C)c2c1=O. The monoisotopic (exact) mass is 444 g/mol. The smallest absolute Gasteiger partial charge is 0.263 e. The van der Waals surface area contributed by atoms with Crippen LogP contribution in [-0.2, 0) is 11.3 Å². The maximum atomic E-state index is 13.1. The average Bonchev–Trinajstić information content (AvgIpc) is 3.00. The third-order valence-corrected chi connectivity index (χ3v) is 6.85. The van der Waals surface area contributed by atoms with Crippen molar-refractivity contribution in [2.75, 3.05) is 11.1 Å². The molecule has 0 unspecified atom stereocenters. The summed E-state index contributed by atoms with van der Waals surface area (Å²) in [6.45, 7) is 6.58. The first-order valence-corrected chi connectivity index (χ1v) is 11.4. The van der Waals surface area contributed by atoms with Crippen LogP contribution in [0.5, 0.6) is 0 Å². The number of hydrogen-bond acceptors (Lipinski definition) is 6. The highest BCUT2D eigenvalue weighted by atomic mass is 32.2. The first-order valence-electron chi connectivity index (χ1n) is 9.64. The van der Waals surface area contributed by atoms with Gasteiger partial charge in [0, 0.05) is 22.7 Å². The van der Waals surface area contributed by atoms with E-state index in [4.69, 9.17) is 10.7 Å². The summed E-state index contributed by atoms with van der Waals surface area (Å²) in [7, 11) is 0. The van der Waals surface area contributed by atoms with Gasteiger partial charge in [-0.05, 0) is 50.1 Å². The van der Waals surface area contributed by atoms with Crippen LogP contribution in [0.3, 0.4) is 0 Å². The minimum Gasteiger partial charge on any atom is -0.366 e. The summed E-state index contributed by atoms with van der Waals surface area (Å²) >= 11 is 2.75. The number of aryl methyl sites for hydroxylation is 2. The van der Waals surface area contributed by atoms with Crippen molar-refractivity contribution >= 4 is 50.8 Å². The van der Waals surface area contributed by atoms with Crippen molar-refractivity contribution in [2.24, 2.45) is 5.73 Å². The number of aromatic nitrogens is 2. The number of nitrogens with zero attached hydrogens (tertiary/aromatic N) is 2. The summed E-state index contributed by atoms with van der Waals surface area (Å²) in [4.78, 5) is 43.1. The number of fused-ring (bicyclic) bond motifs is 1. The summed E-state index contributed by atoms with van der Waals surface area (Å²) < 4.78 is 1.69. The zero-order chi connectivity index (χ0) is 21.8. The van der Waals surface area contributed by atoms with Gasteiger partial charge in [0.05, 0.1) is 11.1 Å². The molecule has 30 heavy (non-hydrogen) atoms. The molecule has 2 aromatic heterocycles. The Kier molecular flexibility index (Phi) is 6.94. The largest absolute Gasteiger partial charge is 0.366 e. The van der Waals surface area contributed by atoms with Crippen LogP contribution in [0.15, 0.2) is 34.2 Å². The van der Waals surface area contributed by atoms with E-state index in [9.17, 15) is 14.4 Å². The summed E-state index contributed by atoms with van der Waals surface area (Å²) in [6, 6.07) is 6.37. The molecule has 158 valence electrons. The quantitative estimate of drug-likeness (QED) is 0.407. The number of nitrogens with one attached hydrogen (secondary N) is 1. The molecular formula is C21H24N4O3S2. The topological polar surface area (TPSA) is 107 Å². The molecule has 0 saturated heterocycles. The van der Waals surface area contributed by atoms with Gasteiger partial charge in [-0.25, -0.2) is 4.98 Å². The molecule has 0 spiro atoms. The lowest BCUT2D eigenvalue weighted by molar-refractivity contribution is -0.113. The van der Waals surface area contributed by atoms with Crippen molar-refractivity contribution in [2.45, 2.75) is 45.3 Å². The number of nitrogens with two attached hydrogens (primary N) is 1. The molecule has 0 aliphatic heterocycles. The number of anilines is 1. The van der Waals surface area contributed by atoms with E-state index in [0.717, 1.165) is 23.3 Å². The van der Waals surface area contributed by atoms with Crippen LogP contribution in [0.25, 0.3) is 10.2 Å². The number of thioether (sulfide) groups is 1. The number of amides is 2. The highest BCUT2D eigenvalue weighted by molar-refractivity contribution is 7.99. The lowest BCUT2D eigenvalue weighted by atomic mass is 10.2. The molecule has 0 fully saturated rings. The van der Waals surface area contributed by atoms with Gasteiger partial charge < -0.3 is 11.1 Å². The van der Waals surface area contributed by atoms with Gasteiger partial charge in [0.25, 0.3) is 5.56 Å². The molecule has 0 aliphatic rings. The van der Waals surface area contributed by atoms with Gasteiger partial charge in [-0.3, -0.25) is 19.0 Å². The molecule has 0 aliphatic carbocycles. The van der Waals surface area contributed by atoms with Gasteiger partial charge in [0.15, 0.2) is 5.16 Å². The molecule has 0 radical (unpaired) electrons. The highest BCUT2D eigenvalue weighted by Crippen LogP contribution is 2.28. The van der Waals surface area contributed by atoms with E-state index in [0.29, 0.717) is 33.2 Å². The Morgan fingerprint density at radius 2 is 1.93 bits per heavy atom. The fourth-order valence-electron chi connectivity index (χ4n) is 2.98. The zero-order valence-corrected chi connectivity index (χ0v) is 18.8. The Labute approximate surface area is 182 Å². The third kappa shape index (κ3) is 4.73. The fourth-order valence-corrected chi connectivity index (χ4v) is 4.87. The van der Waals surface area contributed by atoms with E-state index in [1.54, 1.807) is 28.8 Å². The predicted octanol–water partition coefficient (Wildman–Crippen LogP) is 3.70. The van der Waals surface area contributed by atoms with Crippen molar-refractivity contribution < 1.29 is 9.59 Å². The Morgan fingerprint density at radius 1 is 1.23 bits per heavy atom. The number of primary amides is 1. The van der Waals surface area contributed by atoms with Gasteiger partial charge in [-0.2, -0.15) is 0 Å². The molecule has 2 heterocycles. The van der Waals surface area contributed by atoms with Crippen LogP contribution in [0.2, 0.25) is 0 Å². The molecule has 0 atom stereocenters. The minimum atomic E-state index is -0.519. The van der Waals surface area contributed by atoms with Crippen LogP contribution in [0.1, 0.15) is 40.6 Å². The number of thiophene rings is 1. The van der Waals surface area contributed by atoms with Gasteiger partial charge in [-0.15, -0.1) is 11.3 Å². The molecule has 0 saturated carbocycles. The van der Waals surface area contributed by atoms with Crippen LogP contribution in [0.4, 0.5) is 5.69 Å². The van der Waals surface area contributed by atoms with Crippen molar-refractivity contribution in [1.82, 2.24) is 9.55 Å². The van der Waals surface area contributed by atoms with Crippen LogP contribution >= 0.6 is 23.1 Å². The molecule has 3 aromatic rings. The van der Waals surface area contributed by atoms with E-state index < -0.39 is 5.91 Å². The standard InChI is InChI=1S/C21H24N4O3S2/c1-4-5-10-25-20(28)17-12(2)13(3)30-19(17)24-21(25)29-11-16(26)23-15-8-6-14(7-9-15)18(22)27/h6-9H,4-5,10-11H2,1-3H3,(H2,22,27)(H,23,26). The summed E-state index contributed by atoms with van der Waals surface area (Å²) in [5, 5.41) is 4.02. The van der Waals surface area contributed by atoms with E-state index in [1.807, 2.05) is 13.8 Å². The number of rotatable bonds is 8. The third-order valence-electron chi connectivity index (χ3n) is 4.77. The van der Waals surface area contributed by atoms with Gasteiger partial charge >= 0.3 is 0 Å². The zero-order valence-electron chi connectivity index (χ0n) is 17.2. The second kappa shape index (κ2) is 9.44. The van der Waals surface area contributed by atoms with E-state index in [1.165, 1.54) is 23.1 Å². The van der Waals surface area contributed by atoms with Crippen molar-refractivity contribution in [3.05, 3.63) is 50.6 Å². The fraction of sp³-hybridized carbons (Fsp3) is 0.333. The molecule has 9 heteroatoms. The number of unbranched alkanes of at least 4 members (excludes halogenated alkanes) is 1. The Balaban J connectivity index is 1.79. The number of carbonyl (C=O) groups excluding carboxylic acids is 2. The van der Waals surface area contributed by atoms with E-state index >= 15 is 0 Å². The van der Waals surface area contributed by atoms with Crippen LogP contribution in [-0.4, -0.2) is 27.1 Å². The van der Waals surface area contributed by atoms with Gasteiger partial charge in [0.2, 0.25) is 11.8 Å². The maximum Gasteiger partial charge on any atom is 0.263 e. The number of benzene rings is 1. The van der Waals surface area contributed by atoms with Crippen LogP contribution in [0, 0.1) is 13.8 Å². The van der Waals surface area contributed by atoms with E-state index in [2.05, 4.69) is 12.2 Å². The van der Waals surface area contributed by atoms with Crippen molar-refractivity contribution in [3.8, 4) is 0 Å². The summed E-state index contributed by atoms with van der Waals surface area (Å²) in [5.74, 6) is -0.624. The molecular weight excluding hydrogens is 420 g/mol. The summed E-state index contributed by atoms with van der Waals surface area (Å²) in [6.07, 6.45) is 1.82. The van der Waals surface area contributed by atoms with Crippen LogP contribution < -0.4 is 16.6 Å². The highest BCUT2D eigenvalue weighted by Gasteiger charge is 2.17. The predicted molar refractivity (Wildman–Crippen MR) is 123 cm³/mol. The molecule has 2 amide bonds. The normalized spacial score (nSPS) is 11.0. The number of hydrogen-bond donors (Lipinski definition) is 2. The second-order valence-electron chi connectivity index (χ2n) is 6.95. The first-order chi connectivity index (χ1) is 14.3. The molecule has 3 rings (SSSR count).